The lowest BCUT2D eigenvalue weighted by Gasteiger charge is -2.08. The molecule has 0 saturated heterocycles. The van der Waals surface area contributed by atoms with Crippen molar-refractivity contribution in [2.75, 3.05) is 11.1 Å². The first kappa shape index (κ1) is 12.0. The number of aromatic nitrogens is 2. The summed E-state index contributed by atoms with van der Waals surface area (Å²) < 4.78 is 0. The molecule has 2 rings (SSSR count). The first-order chi connectivity index (χ1) is 8.16. The van der Waals surface area contributed by atoms with Crippen LogP contribution in [0.5, 0.6) is 0 Å². The highest BCUT2D eigenvalue weighted by Crippen LogP contribution is 2.27. The quantitative estimate of drug-likeness (QED) is 0.899. The molecule has 4 nitrogen and oxygen atoms in total. The molecule has 0 aliphatic carbocycles. The van der Waals surface area contributed by atoms with Crippen molar-refractivity contribution in [2.45, 2.75) is 6.54 Å². The van der Waals surface area contributed by atoms with Gasteiger partial charge in [-0.15, -0.1) is 0 Å². The fraction of sp³-hybridized carbons (Fsp3) is 0.0909. The Morgan fingerprint density at radius 3 is 2.82 bits per heavy atom. The van der Waals surface area contributed by atoms with Gasteiger partial charge in [0.2, 0.25) is 0 Å². The summed E-state index contributed by atoms with van der Waals surface area (Å²) in [5.41, 5.74) is 6.63. The standard InChI is InChI=1S/C11H10Cl2N4/c12-8-4-9(13)11(17-10(8)14)16-6-7-2-1-3-15-5-7/h1-5H,6H2,(H3,14,16,17). The summed E-state index contributed by atoms with van der Waals surface area (Å²) in [5.74, 6) is 0.766. The van der Waals surface area contributed by atoms with Crippen LogP contribution < -0.4 is 11.1 Å². The molecule has 2 heterocycles. The predicted molar refractivity (Wildman–Crippen MR) is 70.2 cm³/mol. The van der Waals surface area contributed by atoms with Gasteiger partial charge in [0, 0.05) is 18.9 Å². The van der Waals surface area contributed by atoms with Crippen LogP contribution in [0.25, 0.3) is 0 Å². The lowest BCUT2D eigenvalue weighted by atomic mass is 10.3. The van der Waals surface area contributed by atoms with E-state index in [9.17, 15) is 0 Å². The normalized spacial score (nSPS) is 10.2. The minimum atomic E-state index is 0.254. The van der Waals surface area contributed by atoms with Gasteiger partial charge in [0.15, 0.2) is 0 Å². The Bertz CT molecular complexity index is 516. The van der Waals surface area contributed by atoms with Crippen molar-refractivity contribution in [1.29, 1.82) is 0 Å². The summed E-state index contributed by atoms with van der Waals surface area (Å²) in [5, 5.41) is 3.86. The summed E-state index contributed by atoms with van der Waals surface area (Å²) in [6.45, 7) is 0.571. The maximum absolute atomic E-state index is 5.99. The smallest absolute Gasteiger partial charge is 0.147 e. The van der Waals surface area contributed by atoms with E-state index in [0.29, 0.717) is 22.4 Å². The molecule has 17 heavy (non-hydrogen) atoms. The van der Waals surface area contributed by atoms with Gasteiger partial charge in [-0.3, -0.25) is 4.98 Å². The maximum Gasteiger partial charge on any atom is 0.147 e. The average molecular weight is 269 g/mol. The second-order valence-electron chi connectivity index (χ2n) is 3.40. The van der Waals surface area contributed by atoms with Crippen molar-refractivity contribution in [1.82, 2.24) is 9.97 Å². The number of halogens is 2. The summed E-state index contributed by atoms with van der Waals surface area (Å²) in [4.78, 5) is 8.08. The first-order valence-corrected chi connectivity index (χ1v) is 5.66. The first-order valence-electron chi connectivity index (χ1n) is 4.91. The zero-order valence-electron chi connectivity index (χ0n) is 8.82. The van der Waals surface area contributed by atoms with Gasteiger partial charge in [0.25, 0.3) is 0 Å². The highest BCUT2D eigenvalue weighted by atomic mass is 35.5. The molecule has 0 unspecified atom stereocenters. The molecule has 0 fully saturated rings. The number of nitrogens with zero attached hydrogens (tertiary/aromatic N) is 2. The number of nitrogens with one attached hydrogen (secondary N) is 1. The van der Waals surface area contributed by atoms with Gasteiger partial charge >= 0.3 is 0 Å². The third kappa shape index (κ3) is 2.99. The molecule has 0 radical (unpaired) electrons. The zero-order chi connectivity index (χ0) is 12.3. The summed E-state index contributed by atoms with van der Waals surface area (Å²) in [6.07, 6.45) is 3.48. The molecular weight excluding hydrogens is 259 g/mol. The van der Waals surface area contributed by atoms with Crippen molar-refractivity contribution in [3.8, 4) is 0 Å². The van der Waals surface area contributed by atoms with Gasteiger partial charge < -0.3 is 11.1 Å². The molecule has 3 N–H and O–H groups in total. The Kier molecular flexibility index (Phi) is 3.66. The number of nitrogen functional groups attached to an aromatic ring is 1. The molecule has 88 valence electrons. The van der Waals surface area contributed by atoms with Crippen LogP contribution in [0, 0.1) is 0 Å². The summed E-state index contributed by atoms with van der Waals surface area (Å²) >= 11 is 11.8. The van der Waals surface area contributed by atoms with E-state index in [1.807, 2.05) is 12.1 Å². The van der Waals surface area contributed by atoms with Crippen LogP contribution in [0.1, 0.15) is 5.56 Å². The second kappa shape index (κ2) is 5.21. The second-order valence-corrected chi connectivity index (χ2v) is 4.22. The minimum absolute atomic E-state index is 0.254. The lowest BCUT2D eigenvalue weighted by Crippen LogP contribution is -2.04. The van der Waals surface area contributed by atoms with Gasteiger partial charge in [-0.2, -0.15) is 0 Å². The van der Waals surface area contributed by atoms with Crippen LogP contribution in [-0.2, 0) is 6.54 Å². The van der Waals surface area contributed by atoms with Crippen molar-refractivity contribution < 1.29 is 0 Å². The van der Waals surface area contributed by atoms with E-state index >= 15 is 0 Å². The van der Waals surface area contributed by atoms with E-state index in [2.05, 4.69) is 15.3 Å². The van der Waals surface area contributed by atoms with Gasteiger partial charge in [0.05, 0.1) is 10.0 Å². The van der Waals surface area contributed by atoms with Gasteiger partial charge in [-0.05, 0) is 17.7 Å². The molecule has 0 aliphatic heterocycles. The topological polar surface area (TPSA) is 63.8 Å². The number of hydrogen-bond donors (Lipinski definition) is 2. The van der Waals surface area contributed by atoms with Crippen LogP contribution in [0.4, 0.5) is 11.6 Å². The van der Waals surface area contributed by atoms with Crippen LogP contribution in [0.3, 0.4) is 0 Å². The molecule has 0 bridgehead atoms. The maximum atomic E-state index is 5.99. The van der Waals surface area contributed by atoms with E-state index in [1.165, 1.54) is 0 Å². The van der Waals surface area contributed by atoms with Crippen molar-refractivity contribution in [3.05, 3.63) is 46.2 Å². The molecule has 0 amide bonds. The van der Waals surface area contributed by atoms with E-state index in [4.69, 9.17) is 28.9 Å². The average Bonchev–Trinajstić information content (AvgIpc) is 2.33. The fourth-order valence-electron chi connectivity index (χ4n) is 1.29. The molecular formula is C11H10Cl2N4. The number of rotatable bonds is 3. The summed E-state index contributed by atoms with van der Waals surface area (Å²) in [6, 6.07) is 5.38. The van der Waals surface area contributed by atoms with Gasteiger partial charge in [-0.1, -0.05) is 29.3 Å². The van der Waals surface area contributed by atoms with Crippen molar-refractivity contribution in [2.24, 2.45) is 0 Å². The number of hydrogen-bond acceptors (Lipinski definition) is 4. The molecule has 0 aromatic carbocycles. The monoisotopic (exact) mass is 268 g/mol. The molecule has 2 aromatic heterocycles. The lowest BCUT2D eigenvalue weighted by molar-refractivity contribution is 1.09. The molecule has 0 aliphatic rings. The van der Waals surface area contributed by atoms with Crippen LogP contribution in [-0.4, -0.2) is 9.97 Å². The fourth-order valence-corrected chi connectivity index (χ4v) is 1.72. The third-order valence-electron chi connectivity index (χ3n) is 2.14. The molecule has 0 spiro atoms. The van der Waals surface area contributed by atoms with Crippen molar-refractivity contribution in [3.63, 3.8) is 0 Å². The molecule has 2 aromatic rings. The Labute approximate surface area is 109 Å². The Morgan fingerprint density at radius 1 is 1.29 bits per heavy atom. The Morgan fingerprint density at radius 2 is 2.12 bits per heavy atom. The largest absolute Gasteiger partial charge is 0.382 e. The van der Waals surface area contributed by atoms with E-state index in [-0.39, 0.29) is 5.82 Å². The highest BCUT2D eigenvalue weighted by Gasteiger charge is 2.06. The van der Waals surface area contributed by atoms with Crippen LogP contribution in [0.2, 0.25) is 10.0 Å². The Hall–Kier alpha value is -1.52. The minimum Gasteiger partial charge on any atom is -0.382 e. The molecule has 0 atom stereocenters. The number of anilines is 2. The third-order valence-corrected chi connectivity index (χ3v) is 2.73. The van der Waals surface area contributed by atoms with E-state index in [1.54, 1.807) is 18.5 Å². The SMILES string of the molecule is Nc1nc(NCc2cccnc2)c(Cl)cc1Cl. The van der Waals surface area contributed by atoms with E-state index in [0.717, 1.165) is 5.56 Å². The molecule has 0 saturated carbocycles. The van der Waals surface area contributed by atoms with E-state index < -0.39 is 0 Å². The van der Waals surface area contributed by atoms with Crippen LogP contribution in [0.15, 0.2) is 30.6 Å². The highest BCUT2D eigenvalue weighted by molar-refractivity contribution is 6.37. The van der Waals surface area contributed by atoms with Crippen molar-refractivity contribution >= 4 is 34.8 Å². The zero-order valence-corrected chi connectivity index (χ0v) is 10.3. The number of nitrogens with two attached hydrogens (primary N) is 1. The van der Waals surface area contributed by atoms with Gasteiger partial charge in [0.1, 0.15) is 11.6 Å². The van der Waals surface area contributed by atoms with Gasteiger partial charge in [-0.25, -0.2) is 4.98 Å². The Balaban J connectivity index is 2.12. The number of pyridine rings is 2. The molecule has 6 heteroatoms. The van der Waals surface area contributed by atoms with Crippen LogP contribution >= 0.6 is 23.2 Å². The summed E-state index contributed by atoms with van der Waals surface area (Å²) in [7, 11) is 0. The predicted octanol–water partition coefficient (Wildman–Crippen LogP) is 2.98.